The molecule has 8 heteroatoms. The van der Waals surface area contributed by atoms with Gasteiger partial charge in [-0.25, -0.2) is 9.67 Å². The predicted molar refractivity (Wildman–Crippen MR) is 129 cm³/mol. The normalized spacial score (nSPS) is 10.7. The van der Waals surface area contributed by atoms with E-state index in [-0.39, 0.29) is 5.91 Å². The summed E-state index contributed by atoms with van der Waals surface area (Å²) < 4.78 is 7.71. The van der Waals surface area contributed by atoms with Crippen LogP contribution in [-0.4, -0.2) is 39.8 Å². The Bertz CT molecular complexity index is 1290. The van der Waals surface area contributed by atoms with Gasteiger partial charge in [0.15, 0.2) is 5.82 Å². The molecule has 2 aromatic carbocycles. The molecule has 1 N–H and O–H groups in total. The van der Waals surface area contributed by atoms with Crippen LogP contribution in [0, 0.1) is 20.8 Å². The molecule has 8 nitrogen and oxygen atoms in total. The Morgan fingerprint density at radius 1 is 0.970 bits per heavy atom. The van der Waals surface area contributed by atoms with E-state index < -0.39 is 0 Å². The summed E-state index contributed by atoms with van der Waals surface area (Å²) in [6, 6.07) is 18.4. The van der Waals surface area contributed by atoms with Crippen molar-refractivity contribution in [3.63, 3.8) is 0 Å². The molecule has 0 spiro atoms. The van der Waals surface area contributed by atoms with Gasteiger partial charge in [0, 0.05) is 42.8 Å². The zero-order chi connectivity index (χ0) is 23.5. The van der Waals surface area contributed by atoms with Crippen LogP contribution in [0.15, 0.2) is 60.7 Å². The van der Waals surface area contributed by atoms with E-state index in [0.717, 1.165) is 17.1 Å². The van der Waals surface area contributed by atoms with Crippen molar-refractivity contribution >= 4 is 17.3 Å². The van der Waals surface area contributed by atoms with Crippen LogP contribution in [0.5, 0.6) is 11.6 Å². The molecule has 0 fully saturated rings. The fraction of sp³-hybridized carbons (Fsp3) is 0.200. The Morgan fingerprint density at radius 3 is 2.39 bits per heavy atom. The second-order valence-electron chi connectivity index (χ2n) is 7.98. The van der Waals surface area contributed by atoms with Crippen LogP contribution in [0.25, 0.3) is 5.82 Å². The quantitative estimate of drug-likeness (QED) is 0.466. The number of aromatic nitrogens is 4. The first-order valence-electron chi connectivity index (χ1n) is 10.5. The van der Waals surface area contributed by atoms with Gasteiger partial charge in [-0.05, 0) is 69.3 Å². The molecular weight excluding hydrogens is 416 g/mol. The molecular formula is C25H26N6O2. The van der Waals surface area contributed by atoms with Gasteiger partial charge in [0.25, 0.3) is 5.91 Å². The Labute approximate surface area is 192 Å². The molecule has 0 radical (unpaired) electrons. The van der Waals surface area contributed by atoms with Gasteiger partial charge in [0.2, 0.25) is 5.88 Å². The first kappa shape index (κ1) is 22.0. The number of amides is 1. The monoisotopic (exact) mass is 442 g/mol. The SMILES string of the molecule is Cc1cc(C)n(-c2cc(Oc3ccc(NC(=O)c4cccc(N(C)C)c4)cc3)nc(C)n2)n1. The topological polar surface area (TPSA) is 85.2 Å². The van der Waals surface area contributed by atoms with Gasteiger partial charge in [-0.1, -0.05) is 6.07 Å². The highest BCUT2D eigenvalue weighted by molar-refractivity contribution is 6.04. The molecule has 2 aromatic heterocycles. The van der Waals surface area contributed by atoms with Crippen molar-refractivity contribution in [1.82, 2.24) is 19.7 Å². The minimum absolute atomic E-state index is 0.173. The minimum Gasteiger partial charge on any atom is -0.439 e. The molecule has 1 amide bonds. The van der Waals surface area contributed by atoms with Crippen molar-refractivity contribution in [2.24, 2.45) is 0 Å². The largest absolute Gasteiger partial charge is 0.439 e. The summed E-state index contributed by atoms with van der Waals surface area (Å²) in [6.07, 6.45) is 0. The summed E-state index contributed by atoms with van der Waals surface area (Å²) in [4.78, 5) is 23.4. The van der Waals surface area contributed by atoms with Crippen LogP contribution in [0.2, 0.25) is 0 Å². The maximum Gasteiger partial charge on any atom is 0.255 e. The lowest BCUT2D eigenvalue weighted by Crippen LogP contribution is -2.14. The highest BCUT2D eigenvalue weighted by Gasteiger charge is 2.11. The van der Waals surface area contributed by atoms with E-state index >= 15 is 0 Å². The number of hydrogen-bond donors (Lipinski definition) is 1. The van der Waals surface area contributed by atoms with Gasteiger partial charge in [-0.2, -0.15) is 10.1 Å². The van der Waals surface area contributed by atoms with Crippen molar-refractivity contribution in [2.75, 3.05) is 24.3 Å². The number of anilines is 2. The second-order valence-corrected chi connectivity index (χ2v) is 7.98. The van der Waals surface area contributed by atoms with Crippen molar-refractivity contribution < 1.29 is 9.53 Å². The number of carbonyl (C=O) groups excluding carboxylic acids is 1. The van der Waals surface area contributed by atoms with Crippen molar-refractivity contribution in [1.29, 1.82) is 0 Å². The third-order valence-electron chi connectivity index (χ3n) is 4.99. The maximum atomic E-state index is 12.6. The van der Waals surface area contributed by atoms with Gasteiger partial charge in [0.1, 0.15) is 11.6 Å². The van der Waals surface area contributed by atoms with Crippen LogP contribution in [0.3, 0.4) is 0 Å². The molecule has 4 rings (SSSR count). The van der Waals surface area contributed by atoms with E-state index in [2.05, 4.69) is 20.4 Å². The van der Waals surface area contributed by atoms with Crippen LogP contribution in [0.4, 0.5) is 11.4 Å². The van der Waals surface area contributed by atoms with Crippen LogP contribution in [-0.2, 0) is 0 Å². The number of hydrogen-bond acceptors (Lipinski definition) is 6. The number of rotatable bonds is 6. The molecule has 168 valence electrons. The third-order valence-corrected chi connectivity index (χ3v) is 4.99. The van der Waals surface area contributed by atoms with Gasteiger partial charge < -0.3 is 15.0 Å². The first-order valence-corrected chi connectivity index (χ1v) is 10.5. The van der Waals surface area contributed by atoms with E-state index in [0.29, 0.717) is 34.5 Å². The lowest BCUT2D eigenvalue weighted by atomic mass is 10.1. The van der Waals surface area contributed by atoms with Crippen LogP contribution in [0.1, 0.15) is 27.6 Å². The number of nitrogens with one attached hydrogen (secondary N) is 1. The maximum absolute atomic E-state index is 12.6. The molecule has 0 bridgehead atoms. The molecule has 0 aliphatic rings. The lowest BCUT2D eigenvalue weighted by molar-refractivity contribution is 0.102. The highest BCUT2D eigenvalue weighted by Crippen LogP contribution is 2.24. The Morgan fingerprint density at radius 2 is 1.73 bits per heavy atom. The molecule has 0 saturated carbocycles. The second kappa shape index (κ2) is 9.12. The number of ether oxygens (including phenoxy) is 1. The fourth-order valence-corrected chi connectivity index (χ4v) is 3.40. The summed E-state index contributed by atoms with van der Waals surface area (Å²) in [5.41, 5.74) is 4.12. The average Bonchev–Trinajstić information content (AvgIpc) is 3.12. The van der Waals surface area contributed by atoms with Crippen LogP contribution >= 0.6 is 0 Å². The number of benzene rings is 2. The average molecular weight is 443 g/mol. The standard InChI is InChI=1S/C25H26N6O2/c1-16-13-17(2)31(29-16)23-15-24(27-18(3)26-23)33-22-11-9-20(10-12-22)28-25(32)19-7-6-8-21(14-19)30(4)5/h6-15H,1-5H3,(H,28,32). The van der Waals surface area contributed by atoms with E-state index in [4.69, 9.17) is 4.74 Å². The van der Waals surface area contributed by atoms with Crippen molar-refractivity contribution in [3.8, 4) is 17.4 Å². The molecule has 4 aromatic rings. The van der Waals surface area contributed by atoms with E-state index in [1.54, 1.807) is 41.1 Å². The molecule has 33 heavy (non-hydrogen) atoms. The lowest BCUT2D eigenvalue weighted by Gasteiger charge is -2.13. The minimum atomic E-state index is -0.173. The fourth-order valence-electron chi connectivity index (χ4n) is 3.40. The first-order chi connectivity index (χ1) is 15.8. The number of carbonyl (C=O) groups is 1. The van der Waals surface area contributed by atoms with Gasteiger partial charge in [-0.3, -0.25) is 4.79 Å². The third kappa shape index (κ3) is 5.17. The molecule has 0 saturated heterocycles. The van der Waals surface area contributed by atoms with E-state index in [1.807, 2.05) is 64.0 Å². The van der Waals surface area contributed by atoms with Crippen molar-refractivity contribution in [2.45, 2.75) is 20.8 Å². The molecule has 0 unspecified atom stereocenters. The Balaban J connectivity index is 1.47. The summed E-state index contributed by atoms with van der Waals surface area (Å²) >= 11 is 0. The molecule has 2 heterocycles. The van der Waals surface area contributed by atoms with E-state index in [1.165, 1.54) is 0 Å². The number of aryl methyl sites for hydroxylation is 3. The molecule has 0 atom stereocenters. The summed E-state index contributed by atoms with van der Waals surface area (Å²) in [5, 5.41) is 7.39. The number of nitrogens with zero attached hydrogens (tertiary/aromatic N) is 5. The van der Waals surface area contributed by atoms with E-state index in [9.17, 15) is 4.79 Å². The smallest absolute Gasteiger partial charge is 0.255 e. The zero-order valence-electron chi connectivity index (χ0n) is 19.3. The molecule has 0 aliphatic carbocycles. The highest BCUT2D eigenvalue weighted by atomic mass is 16.5. The summed E-state index contributed by atoms with van der Waals surface area (Å²) in [5.74, 6) is 2.07. The Kier molecular flexibility index (Phi) is 6.08. The summed E-state index contributed by atoms with van der Waals surface area (Å²) in [6.45, 7) is 5.72. The Hall–Kier alpha value is -4.20. The van der Waals surface area contributed by atoms with Gasteiger partial charge >= 0.3 is 0 Å². The molecule has 0 aliphatic heterocycles. The zero-order valence-corrected chi connectivity index (χ0v) is 19.3. The van der Waals surface area contributed by atoms with Gasteiger partial charge in [-0.15, -0.1) is 0 Å². The van der Waals surface area contributed by atoms with Gasteiger partial charge in [0.05, 0.1) is 5.69 Å². The summed E-state index contributed by atoms with van der Waals surface area (Å²) in [7, 11) is 3.88. The predicted octanol–water partition coefficient (Wildman–Crippen LogP) is 4.70. The van der Waals surface area contributed by atoms with Crippen LogP contribution < -0.4 is 15.0 Å². The van der Waals surface area contributed by atoms with Crippen molar-refractivity contribution in [3.05, 3.63) is 83.4 Å².